The summed E-state index contributed by atoms with van der Waals surface area (Å²) in [6.07, 6.45) is 0.551. The number of halogens is 1. The van der Waals surface area contributed by atoms with E-state index >= 15 is 0 Å². The van der Waals surface area contributed by atoms with Gasteiger partial charge in [-0.25, -0.2) is 0 Å². The van der Waals surface area contributed by atoms with Crippen LogP contribution in [0.3, 0.4) is 0 Å². The molecule has 1 aliphatic heterocycles. The molecule has 10 heavy (non-hydrogen) atoms. The van der Waals surface area contributed by atoms with Crippen LogP contribution in [-0.4, -0.2) is 29.7 Å². The lowest BCUT2D eigenvalue weighted by molar-refractivity contribution is -0.120. The molecule has 4 N–H and O–H groups in total. The Morgan fingerprint density at radius 3 is 2.60 bits per heavy atom. The third-order valence-electron chi connectivity index (χ3n) is 1.44. The van der Waals surface area contributed by atoms with Crippen LogP contribution < -0.4 is 11.1 Å². The van der Waals surface area contributed by atoms with Gasteiger partial charge in [0.25, 0.3) is 0 Å². The zero-order valence-electron chi connectivity index (χ0n) is 5.41. The van der Waals surface area contributed by atoms with E-state index in [9.17, 15) is 4.79 Å². The van der Waals surface area contributed by atoms with Gasteiger partial charge < -0.3 is 16.2 Å². The van der Waals surface area contributed by atoms with Gasteiger partial charge in [0.1, 0.15) is 0 Å². The number of hydrogen-bond acceptors (Lipinski definition) is 3. The Balaban J connectivity index is 0.000000810. The van der Waals surface area contributed by atoms with Crippen molar-refractivity contribution < 1.29 is 9.90 Å². The van der Waals surface area contributed by atoms with Crippen molar-refractivity contribution in [3.8, 4) is 0 Å². The second-order valence-corrected chi connectivity index (χ2v) is 2.23. The normalized spacial score (nSPS) is 31.2. The quantitative estimate of drug-likeness (QED) is 0.449. The molecule has 0 aromatic rings. The molecule has 0 aliphatic carbocycles. The Hall–Kier alpha value is -0.320. The summed E-state index contributed by atoms with van der Waals surface area (Å²) in [5.41, 5.74) is 5.32. The lowest BCUT2D eigenvalue weighted by Gasteiger charge is -2.01. The van der Waals surface area contributed by atoms with Crippen LogP contribution in [0.15, 0.2) is 0 Å². The fourth-order valence-electron chi connectivity index (χ4n) is 0.901. The van der Waals surface area contributed by atoms with E-state index in [0.29, 0.717) is 6.42 Å². The molecule has 0 aromatic carbocycles. The second kappa shape index (κ2) is 3.75. The highest BCUT2D eigenvalue weighted by atomic mass is 35.5. The summed E-state index contributed by atoms with van der Waals surface area (Å²) >= 11 is 0. The first-order valence-electron chi connectivity index (χ1n) is 2.91. The van der Waals surface area contributed by atoms with Gasteiger partial charge in [-0.2, -0.15) is 0 Å². The third-order valence-corrected chi connectivity index (χ3v) is 1.44. The molecule has 0 spiro atoms. The first-order chi connectivity index (χ1) is 4.24. The van der Waals surface area contributed by atoms with Gasteiger partial charge in [-0.05, 0) is 6.42 Å². The minimum atomic E-state index is -0.415. The van der Waals surface area contributed by atoms with Gasteiger partial charge in [0.2, 0.25) is 5.91 Å². The minimum Gasteiger partial charge on any atom is -0.394 e. The highest BCUT2D eigenvalue weighted by Gasteiger charge is 2.27. The maximum Gasteiger partial charge on any atom is 0.237 e. The number of aliphatic hydroxyl groups excluding tert-OH is 1. The van der Waals surface area contributed by atoms with Crippen LogP contribution in [0.4, 0.5) is 0 Å². The molecule has 1 heterocycles. The molecule has 1 fully saturated rings. The average Bonchev–Trinajstić information content (AvgIpc) is 2.13. The molecular formula is C5H11ClN2O2. The molecule has 0 radical (unpaired) electrons. The van der Waals surface area contributed by atoms with Gasteiger partial charge in [-0.1, -0.05) is 0 Å². The molecule has 1 saturated heterocycles. The largest absolute Gasteiger partial charge is 0.394 e. The summed E-state index contributed by atoms with van der Waals surface area (Å²) in [6.45, 7) is -0.0144. The SMILES string of the molecule is Cl.NC1CC(CO)NC1=O. The predicted molar refractivity (Wildman–Crippen MR) is 38.9 cm³/mol. The van der Waals surface area contributed by atoms with Crippen molar-refractivity contribution in [2.24, 2.45) is 5.73 Å². The van der Waals surface area contributed by atoms with Crippen LogP contribution in [0.25, 0.3) is 0 Å². The fraction of sp³-hybridized carbons (Fsp3) is 0.800. The van der Waals surface area contributed by atoms with Gasteiger partial charge in [-0.3, -0.25) is 4.79 Å². The summed E-state index contributed by atoms with van der Waals surface area (Å²) in [7, 11) is 0. The van der Waals surface area contributed by atoms with E-state index in [-0.39, 0.29) is 31.0 Å². The van der Waals surface area contributed by atoms with Crippen LogP contribution in [-0.2, 0) is 4.79 Å². The molecule has 0 bridgehead atoms. The minimum absolute atomic E-state index is 0. The average molecular weight is 167 g/mol. The van der Waals surface area contributed by atoms with Gasteiger partial charge in [0, 0.05) is 0 Å². The number of nitrogens with two attached hydrogens (primary N) is 1. The van der Waals surface area contributed by atoms with Gasteiger partial charge in [0.15, 0.2) is 0 Å². The maximum atomic E-state index is 10.6. The highest BCUT2D eigenvalue weighted by molar-refractivity contribution is 5.85. The number of aliphatic hydroxyl groups is 1. The van der Waals surface area contributed by atoms with Crippen LogP contribution in [0.5, 0.6) is 0 Å². The van der Waals surface area contributed by atoms with E-state index in [0.717, 1.165) is 0 Å². The lowest BCUT2D eigenvalue weighted by atomic mass is 10.2. The lowest BCUT2D eigenvalue weighted by Crippen LogP contribution is -2.32. The molecule has 4 nitrogen and oxygen atoms in total. The Labute approximate surface area is 65.2 Å². The molecule has 1 amide bonds. The number of nitrogens with one attached hydrogen (secondary N) is 1. The monoisotopic (exact) mass is 166 g/mol. The standard InChI is InChI=1S/C5H10N2O2.ClH/c6-4-1-3(2-8)7-5(4)9;/h3-4,8H,1-2,6H2,(H,7,9);1H. The van der Waals surface area contributed by atoms with Crippen LogP contribution in [0.1, 0.15) is 6.42 Å². The Bertz CT molecular complexity index is 131. The van der Waals surface area contributed by atoms with Crippen LogP contribution in [0.2, 0.25) is 0 Å². The first kappa shape index (κ1) is 9.68. The molecule has 5 heteroatoms. The third kappa shape index (κ3) is 1.83. The number of rotatable bonds is 1. The molecule has 1 aliphatic rings. The number of carbonyl (C=O) groups excluding carboxylic acids is 1. The molecule has 60 valence electrons. The van der Waals surface area contributed by atoms with Crippen molar-refractivity contribution in [1.29, 1.82) is 0 Å². The smallest absolute Gasteiger partial charge is 0.237 e. The Kier molecular flexibility index (Phi) is 3.63. The Morgan fingerprint density at radius 1 is 1.80 bits per heavy atom. The van der Waals surface area contributed by atoms with Crippen LogP contribution in [0, 0.1) is 0 Å². The topological polar surface area (TPSA) is 75.3 Å². The van der Waals surface area contributed by atoms with Gasteiger partial charge in [0.05, 0.1) is 18.7 Å². The molecule has 0 aromatic heterocycles. The number of hydrogen-bond donors (Lipinski definition) is 3. The Morgan fingerprint density at radius 2 is 2.40 bits per heavy atom. The second-order valence-electron chi connectivity index (χ2n) is 2.23. The predicted octanol–water partition coefficient (Wildman–Crippen LogP) is -1.38. The van der Waals surface area contributed by atoms with E-state index in [2.05, 4.69) is 5.32 Å². The van der Waals surface area contributed by atoms with Crippen molar-refractivity contribution in [3.05, 3.63) is 0 Å². The van der Waals surface area contributed by atoms with E-state index in [1.165, 1.54) is 0 Å². The highest BCUT2D eigenvalue weighted by Crippen LogP contribution is 2.03. The summed E-state index contributed by atoms with van der Waals surface area (Å²) in [6, 6.07) is -0.533. The molecule has 1 rings (SSSR count). The summed E-state index contributed by atoms with van der Waals surface area (Å²) in [5, 5.41) is 11.1. The van der Waals surface area contributed by atoms with Crippen molar-refractivity contribution in [1.82, 2.24) is 5.32 Å². The van der Waals surface area contributed by atoms with Crippen molar-refractivity contribution in [2.45, 2.75) is 18.5 Å². The zero-order valence-corrected chi connectivity index (χ0v) is 6.23. The van der Waals surface area contributed by atoms with Crippen molar-refractivity contribution in [2.75, 3.05) is 6.61 Å². The van der Waals surface area contributed by atoms with E-state index in [1.54, 1.807) is 0 Å². The molecule has 2 unspecified atom stereocenters. The van der Waals surface area contributed by atoms with E-state index < -0.39 is 6.04 Å². The number of carbonyl (C=O) groups is 1. The summed E-state index contributed by atoms with van der Waals surface area (Å²) in [5.74, 6) is -0.158. The van der Waals surface area contributed by atoms with Gasteiger partial charge in [-0.15, -0.1) is 12.4 Å². The summed E-state index contributed by atoms with van der Waals surface area (Å²) in [4.78, 5) is 10.6. The fourth-order valence-corrected chi connectivity index (χ4v) is 0.901. The molecule has 2 atom stereocenters. The van der Waals surface area contributed by atoms with Crippen LogP contribution >= 0.6 is 12.4 Å². The molecule has 0 saturated carbocycles. The maximum absolute atomic E-state index is 10.6. The van der Waals surface area contributed by atoms with Gasteiger partial charge >= 0.3 is 0 Å². The number of amides is 1. The first-order valence-corrected chi connectivity index (χ1v) is 2.91. The summed E-state index contributed by atoms with van der Waals surface area (Å²) < 4.78 is 0. The zero-order chi connectivity index (χ0) is 6.85. The van der Waals surface area contributed by atoms with E-state index in [4.69, 9.17) is 10.8 Å². The van der Waals surface area contributed by atoms with E-state index in [1.807, 2.05) is 0 Å². The molecular weight excluding hydrogens is 156 g/mol. The van der Waals surface area contributed by atoms with Crippen molar-refractivity contribution in [3.63, 3.8) is 0 Å². The van der Waals surface area contributed by atoms with Crippen molar-refractivity contribution >= 4 is 18.3 Å².